The number of nitrogens with zero attached hydrogens (tertiary/aromatic N) is 4. The fourth-order valence-corrected chi connectivity index (χ4v) is 5.35. The van der Waals surface area contributed by atoms with Gasteiger partial charge in [0.1, 0.15) is 5.82 Å². The van der Waals surface area contributed by atoms with E-state index in [2.05, 4.69) is 82.9 Å². The van der Waals surface area contributed by atoms with Crippen LogP contribution in [0.15, 0.2) is 40.8 Å². The number of aliphatic imine (C=N–C) groups is 1. The Bertz CT molecular complexity index is 785. The number of hydrogen-bond acceptors (Lipinski definition) is 5. The quantitative estimate of drug-likeness (QED) is 0.452. The molecule has 7 heteroatoms. The zero-order valence-corrected chi connectivity index (χ0v) is 20.3. The number of thiophene rings is 1. The molecule has 0 amide bonds. The van der Waals surface area contributed by atoms with Crippen molar-refractivity contribution in [1.29, 1.82) is 0 Å². The SMILES string of the molecule is CCNC(=NCc1ccc(N(CC)CC)nc1)NCC1CCCN(C)C1c1cccs1. The summed E-state index contributed by atoms with van der Waals surface area (Å²) in [7, 11) is 2.25. The molecule has 2 N–H and O–H groups in total. The van der Waals surface area contributed by atoms with Crippen molar-refractivity contribution < 1.29 is 0 Å². The topological polar surface area (TPSA) is 55.8 Å². The maximum Gasteiger partial charge on any atom is 0.191 e. The number of aromatic nitrogens is 1. The van der Waals surface area contributed by atoms with Crippen molar-refractivity contribution in [3.63, 3.8) is 0 Å². The van der Waals surface area contributed by atoms with Crippen LogP contribution in [-0.4, -0.2) is 55.6 Å². The van der Waals surface area contributed by atoms with Crippen molar-refractivity contribution in [3.8, 4) is 0 Å². The molecule has 170 valence electrons. The third-order valence-electron chi connectivity index (χ3n) is 6.03. The van der Waals surface area contributed by atoms with E-state index in [1.165, 1.54) is 24.3 Å². The van der Waals surface area contributed by atoms with Gasteiger partial charge in [-0.25, -0.2) is 9.98 Å². The summed E-state index contributed by atoms with van der Waals surface area (Å²) in [4.78, 5) is 15.7. The van der Waals surface area contributed by atoms with E-state index in [4.69, 9.17) is 4.99 Å². The van der Waals surface area contributed by atoms with Crippen LogP contribution in [0.4, 0.5) is 5.82 Å². The van der Waals surface area contributed by atoms with Crippen molar-refractivity contribution in [2.75, 3.05) is 44.7 Å². The van der Waals surface area contributed by atoms with Gasteiger partial charge in [0, 0.05) is 43.3 Å². The summed E-state index contributed by atoms with van der Waals surface area (Å²) in [6.07, 6.45) is 4.45. The van der Waals surface area contributed by atoms with E-state index in [1.807, 2.05) is 17.5 Å². The van der Waals surface area contributed by atoms with Crippen LogP contribution in [0.3, 0.4) is 0 Å². The van der Waals surface area contributed by atoms with E-state index >= 15 is 0 Å². The number of guanidine groups is 1. The first-order chi connectivity index (χ1) is 15.2. The molecule has 6 nitrogen and oxygen atoms in total. The van der Waals surface area contributed by atoms with Crippen molar-refractivity contribution in [2.24, 2.45) is 10.9 Å². The van der Waals surface area contributed by atoms with E-state index in [9.17, 15) is 0 Å². The fourth-order valence-electron chi connectivity index (χ4n) is 4.37. The minimum atomic E-state index is 0.487. The molecule has 2 aromatic rings. The molecule has 1 aliphatic heterocycles. The number of rotatable bonds is 9. The first-order valence-electron chi connectivity index (χ1n) is 11.6. The summed E-state index contributed by atoms with van der Waals surface area (Å²) in [6.45, 7) is 11.9. The Morgan fingerprint density at radius 2 is 2.06 bits per heavy atom. The molecule has 3 heterocycles. The van der Waals surface area contributed by atoms with Crippen LogP contribution < -0.4 is 15.5 Å². The Balaban J connectivity index is 1.61. The van der Waals surface area contributed by atoms with Crippen molar-refractivity contribution in [2.45, 2.75) is 46.2 Å². The second kappa shape index (κ2) is 12.1. The first kappa shape index (κ1) is 23.5. The lowest BCUT2D eigenvalue weighted by Gasteiger charge is -2.39. The van der Waals surface area contributed by atoms with Gasteiger partial charge in [0.05, 0.1) is 6.54 Å². The molecule has 31 heavy (non-hydrogen) atoms. The van der Waals surface area contributed by atoms with Gasteiger partial charge in [-0.2, -0.15) is 0 Å². The third kappa shape index (κ3) is 6.43. The van der Waals surface area contributed by atoms with Gasteiger partial charge in [-0.3, -0.25) is 4.90 Å². The van der Waals surface area contributed by atoms with Gasteiger partial charge in [0.25, 0.3) is 0 Å². The maximum absolute atomic E-state index is 4.82. The number of pyridine rings is 1. The lowest BCUT2D eigenvalue weighted by molar-refractivity contribution is 0.125. The van der Waals surface area contributed by atoms with Gasteiger partial charge in [-0.15, -0.1) is 11.3 Å². The van der Waals surface area contributed by atoms with Gasteiger partial charge < -0.3 is 15.5 Å². The predicted octanol–water partition coefficient (Wildman–Crippen LogP) is 4.13. The Morgan fingerprint density at radius 1 is 1.23 bits per heavy atom. The molecule has 2 atom stereocenters. The minimum Gasteiger partial charge on any atom is -0.357 e. The average Bonchev–Trinajstić information content (AvgIpc) is 3.32. The monoisotopic (exact) mass is 442 g/mol. The summed E-state index contributed by atoms with van der Waals surface area (Å²) in [6, 6.07) is 9.16. The number of likely N-dealkylation sites (tertiary alicyclic amines) is 1. The Kier molecular flexibility index (Phi) is 9.15. The predicted molar refractivity (Wildman–Crippen MR) is 133 cm³/mol. The number of hydrogen-bond donors (Lipinski definition) is 2. The van der Waals surface area contributed by atoms with Crippen molar-refractivity contribution in [3.05, 3.63) is 46.3 Å². The molecular formula is C24H38N6S. The van der Waals surface area contributed by atoms with E-state index < -0.39 is 0 Å². The van der Waals surface area contributed by atoms with Crippen LogP contribution in [-0.2, 0) is 6.54 Å². The summed E-state index contributed by atoms with van der Waals surface area (Å²) in [5, 5.41) is 9.20. The first-order valence-corrected chi connectivity index (χ1v) is 12.5. The smallest absolute Gasteiger partial charge is 0.191 e. The highest BCUT2D eigenvalue weighted by Crippen LogP contribution is 2.36. The Labute approximate surface area is 191 Å². The molecule has 0 bridgehead atoms. The highest BCUT2D eigenvalue weighted by atomic mass is 32.1. The fraction of sp³-hybridized carbons (Fsp3) is 0.583. The van der Waals surface area contributed by atoms with Crippen LogP contribution in [0, 0.1) is 5.92 Å². The van der Waals surface area contributed by atoms with Gasteiger partial charge in [0.2, 0.25) is 0 Å². The summed E-state index contributed by atoms with van der Waals surface area (Å²) in [5.41, 5.74) is 1.13. The third-order valence-corrected chi connectivity index (χ3v) is 6.98. The normalized spacial score (nSPS) is 19.9. The molecule has 0 aliphatic carbocycles. The van der Waals surface area contributed by atoms with Crippen LogP contribution >= 0.6 is 11.3 Å². The zero-order valence-electron chi connectivity index (χ0n) is 19.5. The average molecular weight is 443 g/mol. The lowest BCUT2D eigenvalue weighted by atomic mass is 9.88. The van der Waals surface area contributed by atoms with Gasteiger partial charge in [-0.05, 0) is 76.2 Å². The summed E-state index contributed by atoms with van der Waals surface area (Å²) in [5.74, 6) is 2.49. The molecule has 2 unspecified atom stereocenters. The zero-order chi connectivity index (χ0) is 22.1. The molecular weight excluding hydrogens is 404 g/mol. The maximum atomic E-state index is 4.82. The number of anilines is 1. The van der Waals surface area contributed by atoms with Crippen molar-refractivity contribution in [1.82, 2.24) is 20.5 Å². The van der Waals surface area contributed by atoms with E-state index in [1.54, 1.807) is 0 Å². The number of nitrogens with one attached hydrogen (secondary N) is 2. The lowest BCUT2D eigenvalue weighted by Crippen LogP contribution is -2.44. The molecule has 0 radical (unpaired) electrons. The molecule has 0 spiro atoms. The van der Waals surface area contributed by atoms with E-state index in [0.29, 0.717) is 18.5 Å². The largest absolute Gasteiger partial charge is 0.357 e. The molecule has 2 aromatic heterocycles. The molecule has 3 rings (SSSR count). The van der Waals surface area contributed by atoms with Crippen LogP contribution in [0.2, 0.25) is 0 Å². The molecule has 1 saturated heterocycles. The molecule has 1 aliphatic rings. The van der Waals surface area contributed by atoms with Crippen LogP contribution in [0.25, 0.3) is 0 Å². The summed E-state index contributed by atoms with van der Waals surface area (Å²) < 4.78 is 0. The molecule has 0 saturated carbocycles. The van der Waals surface area contributed by atoms with E-state index in [-0.39, 0.29) is 0 Å². The molecule has 0 aromatic carbocycles. The minimum absolute atomic E-state index is 0.487. The van der Waals surface area contributed by atoms with E-state index in [0.717, 1.165) is 43.5 Å². The van der Waals surface area contributed by atoms with Crippen molar-refractivity contribution >= 4 is 23.1 Å². The number of piperidine rings is 1. The highest BCUT2D eigenvalue weighted by molar-refractivity contribution is 7.10. The van der Waals surface area contributed by atoms with Gasteiger partial charge in [0.15, 0.2) is 5.96 Å². The highest BCUT2D eigenvalue weighted by Gasteiger charge is 2.31. The molecule has 1 fully saturated rings. The second-order valence-electron chi connectivity index (χ2n) is 8.12. The Morgan fingerprint density at radius 3 is 2.71 bits per heavy atom. The Hall–Kier alpha value is -2.12. The van der Waals surface area contributed by atoms with Crippen LogP contribution in [0.5, 0.6) is 0 Å². The van der Waals surface area contributed by atoms with Crippen LogP contribution in [0.1, 0.15) is 50.1 Å². The standard InChI is InChI=1S/C24H38N6S/c1-5-25-24(27-17-19-12-13-22(26-16-19)30(6-2)7-3)28-18-20-10-8-14-29(4)23(20)21-11-9-15-31-21/h9,11-13,15-16,20,23H,5-8,10,14,17-18H2,1-4H3,(H2,25,27,28). The van der Waals surface area contributed by atoms with Gasteiger partial charge >= 0.3 is 0 Å². The second-order valence-corrected chi connectivity index (χ2v) is 9.10. The van der Waals surface area contributed by atoms with Gasteiger partial charge in [-0.1, -0.05) is 12.1 Å². The summed E-state index contributed by atoms with van der Waals surface area (Å²) >= 11 is 1.87.